The minimum atomic E-state index is 0.900. The molecule has 252 valence electrons. The number of hydrogen-bond acceptors (Lipinski definition) is 2. The van der Waals surface area contributed by atoms with Gasteiger partial charge in [0.05, 0.1) is 5.69 Å². The molecule has 2 nitrogen and oxygen atoms in total. The topological polar surface area (TPSA) is 16.4 Å². The maximum absolute atomic E-state index is 6.33. The molecule has 0 aliphatic rings. The van der Waals surface area contributed by atoms with Crippen LogP contribution in [0.5, 0.6) is 0 Å². The van der Waals surface area contributed by atoms with E-state index in [9.17, 15) is 0 Å². The van der Waals surface area contributed by atoms with Crippen LogP contribution >= 0.6 is 0 Å². The van der Waals surface area contributed by atoms with E-state index >= 15 is 0 Å². The van der Waals surface area contributed by atoms with Crippen LogP contribution in [-0.4, -0.2) is 0 Å². The molecular weight excluding hydrogens is 655 g/mol. The van der Waals surface area contributed by atoms with Crippen LogP contribution in [-0.2, 0) is 0 Å². The summed E-state index contributed by atoms with van der Waals surface area (Å²) in [6.45, 7) is 0. The molecule has 0 amide bonds. The monoisotopic (exact) mass is 687 g/mol. The maximum Gasteiger partial charge on any atom is 0.136 e. The molecule has 1 aromatic heterocycles. The van der Waals surface area contributed by atoms with E-state index in [0.29, 0.717) is 0 Å². The van der Waals surface area contributed by atoms with Crippen molar-refractivity contribution in [1.29, 1.82) is 0 Å². The number of furan rings is 1. The Morgan fingerprint density at radius 1 is 0.315 bits per heavy atom. The Hall–Kier alpha value is -7.16. The molecule has 0 aliphatic carbocycles. The standard InChI is InChI=1S/C52H33NO/c1-2-11-34(12-3-1)42-15-6-8-19-47(42)53(41-31-27-37-28-32-49-52(46(37)33-41)45-17-7-9-20-48(45)54-49)40-29-25-36(26-30-40)44-18-10-14-38-23-24-39-22-21-35-13-4-5-16-43(35)51(39)50(38)44/h1-33H. The molecule has 0 spiro atoms. The zero-order chi connectivity index (χ0) is 35.6. The predicted molar refractivity (Wildman–Crippen MR) is 229 cm³/mol. The van der Waals surface area contributed by atoms with Crippen molar-refractivity contribution >= 4 is 82.1 Å². The van der Waals surface area contributed by atoms with Crippen LogP contribution in [0.2, 0.25) is 0 Å². The first-order valence-corrected chi connectivity index (χ1v) is 18.5. The largest absolute Gasteiger partial charge is 0.456 e. The number of nitrogens with zero attached hydrogens (tertiary/aromatic N) is 1. The van der Waals surface area contributed by atoms with E-state index in [1.54, 1.807) is 0 Å². The van der Waals surface area contributed by atoms with Gasteiger partial charge in [-0.25, -0.2) is 0 Å². The summed E-state index contributed by atoms with van der Waals surface area (Å²) in [5.74, 6) is 0. The van der Waals surface area contributed by atoms with Crippen LogP contribution in [0, 0.1) is 0 Å². The summed E-state index contributed by atoms with van der Waals surface area (Å²) in [4.78, 5) is 2.40. The Labute approximate surface area is 312 Å². The Kier molecular flexibility index (Phi) is 6.90. The minimum Gasteiger partial charge on any atom is -0.456 e. The molecule has 0 bridgehead atoms. The second kappa shape index (κ2) is 12.2. The van der Waals surface area contributed by atoms with Crippen molar-refractivity contribution in [2.24, 2.45) is 0 Å². The van der Waals surface area contributed by atoms with Crippen LogP contribution in [0.25, 0.3) is 87.3 Å². The van der Waals surface area contributed by atoms with Crippen molar-refractivity contribution in [1.82, 2.24) is 0 Å². The van der Waals surface area contributed by atoms with Crippen molar-refractivity contribution in [2.75, 3.05) is 4.90 Å². The lowest BCUT2D eigenvalue weighted by Crippen LogP contribution is -2.11. The highest BCUT2D eigenvalue weighted by molar-refractivity contribution is 6.24. The molecule has 0 fully saturated rings. The van der Waals surface area contributed by atoms with Gasteiger partial charge in [-0.2, -0.15) is 0 Å². The molecular formula is C52H33NO. The van der Waals surface area contributed by atoms with Gasteiger partial charge in [-0.1, -0.05) is 158 Å². The van der Waals surface area contributed by atoms with Gasteiger partial charge >= 0.3 is 0 Å². The van der Waals surface area contributed by atoms with E-state index in [1.165, 1.54) is 65.3 Å². The maximum atomic E-state index is 6.33. The third-order valence-electron chi connectivity index (χ3n) is 11.0. The normalized spacial score (nSPS) is 11.7. The van der Waals surface area contributed by atoms with E-state index in [4.69, 9.17) is 4.42 Å². The first-order valence-electron chi connectivity index (χ1n) is 18.5. The van der Waals surface area contributed by atoms with Gasteiger partial charge in [-0.15, -0.1) is 0 Å². The third-order valence-corrected chi connectivity index (χ3v) is 11.0. The summed E-state index contributed by atoms with van der Waals surface area (Å²) in [6.07, 6.45) is 0. The summed E-state index contributed by atoms with van der Waals surface area (Å²) in [5, 5.41) is 12.3. The fourth-order valence-corrected chi connectivity index (χ4v) is 8.53. The van der Waals surface area contributed by atoms with E-state index in [1.807, 2.05) is 6.07 Å². The Morgan fingerprint density at radius 2 is 0.907 bits per heavy atom. The molecule has 54 heavy (non-hydrogen) atoms. The molecule has 10 aromatic carbocycles. The molecule has 2 heteroatoms. The second-order valence-corrected chi connectivity index (χ2v) is 14.1. The van der Waals surface area contributed by atoms with Gasteiger partial charge in [0.2, 0.25) is 0 Å². The molecule has 0 N–H and O–H groups in total. The smallest absolute Gasteiger partial charge is 0.136 e. The summed E-state index contributed by atoms with van der Waals surface area (Å²) >= 11 is 0. The molecule has 0 saturated carbocycles. The van der Waals surface area contributed by atoms with Gasteiger partial charge < -0.3 is 9.32 Å². The molecule has 1 heterocycles. The van der Waals surface area contributed by atoms with E-state index in [2.05, 4.69) is 199 Å². The SMILES string of the molecule is c1ccc(-c2ccccc2N(c2ccc(-c3cccc4ccc5ccc6ccccc6c5c34)cc2)c2ccc3ccc4oc5ccccc5c4c3c2)cc1. The van der Waals surface area contributed by atoms with Crippen LogP contribution in [0.1, 0.15) is 0 Å². The van der Waals surface area contributed by atoms with Gasteiger partial charge in [-0.05, 0) is 102 Å². The number of para-hydroxylation sites is 2. The summed E-state index contributed by atoms with van der Waals surface area (Å²) in [5.41, 5.74) is 9.85. The van der Waals surface area contributed by atoms with Gasteiger partial charge in [0, 0.05) is 27.7 Å². The molecule has 0 radical (unpaired) electrons. The van der Waals surface area contributed by atoms with Crippen molar-refractivity contribution in [3.63, 3.8) is 0 Å². The second-order valence-electron chi connectivity index (χ2n) is 14.1. The zero-order valence-corrected chi connectivity index (χ0v) is 29.4. The van der Waals surface area contributed by atoms with Crippen molar-refractivity contribution in [3.05, 3.63) is 200 Å². The van der Waals surface area contributed by atoms with Crippen LogP contribution < -0.4 is 4.90 Å². The molecule has 11 rings (SSSR count). The highest BCUT2D eigenvalue weighted by atomic mass is 16.3. The highest BCUT2D eigenvalue weighted by Crippen LogP contribution is 2.45. The summed E-state index contributed by atoms with van der Waals surface area (Å²) in [6, 6.07) is 72.3. The Morgan fingerprint density at radius 3 is 1.78 bits per heavy atom. The van der Waals surface area contributed by atoms with Crippen molar-refractivity contribution < 1.29 is 4.42 Å². The van der Waals surface area contributed by atoms with Crippen LogP contribution in [0.15, 0.2) is 205 Å². The van der Waals surface area contributed by atoms with E-state index in [0.717, 1.165) is 39.0 Å². The Balaban J connectivity index is 1.13. The Bertz CT molecular complexity index is 3210. The molecule has 11 aromatic rings. The van der Waals surface area contributed by atoms with Gasteiger partial charge in [0.1, 0.15) is 11.2 Å². The van der Waals surface area contributed by atoms with Gasteiger partial charge in [-0.3, -0.25) is 0 Å². The molecule has 0 atom stereocenters. The summed E-state index contributed by atoms with van der Waals surface area (Å²) in [7, 11) is 0. The fraction of sp³-hybridized carbons (Fsp3) is 0. The first kappa shape index (κ1) is 30.5. The highest BCUT2D eigenvalue weighted by Gasteiger charge is 2.20. The predicted octanol–water partition coefficient (Wildman–Crippen LogP) is 15.0. The number of fused-ring (bicyclic) bond motifs is 10. The van der Waals surface area contributed by atoms with E-state index < -0.39 is 0 Å². The van der Waals surface area contributed by atoms with Gasteiger partial charge in [0.25, 0.3) is 0 Å². The fourth-order valence-electron chi connectivity index (χ4n) is 8.53. The van der Waals surface area contributed by atoms with Crippen molar-refractivity contribution in [3.8, 4) is 22.3 Å². The molecule has 0 saturated heterocycles. The lowest BCUT2D eigenvalue weighted by Gasteiger charge is -2.28. The average Bonchev–Trinajstić information content (AvgIpc) is 3.63. The van der Waals surface area contributed by atoms with Crippen LogP contribution in [0.4, 0.5) is 17.1 Å². The summed E-state index contributed by atoms with van der Waals surface area (Å²) < 4.78 is 6.33. The van der Waals surface area contributed by atoms with E-state index in [-0.39, 0.29) is 0 Å². The quantitative estimate of drug-likeness (QED) is 0.168. The zero-order valence-electron chi connectivity index (χ0n) is 29.4. The number of anilines is 3. The van der Waals surface area contributed by atoms with Crippen molar-refractivity contribution in [2.45, 2.75) is 0 Å². The number of hydrogen-bond donors (Lipinski definition) is 0. The third kappa shape index (κ3) is 4.81. The number of benzene rings is 10. The van der Waals surface area contributed by atoms with Gasteiger partial charge in [0.15, 0.2) is 0 Å². The first-order chi connectivity index (χ1) is 26.8. The molecule has 0 aliphatic heterocycles. The lowest BCUT2D eigenvalue weighted by atomic mass is 9.91. The molecule has 0 unspecified atom stereocenters. The average molecular weight is 688 g/mol. The van der Waals surface area contributed by atoms with Crippen LogP contribution in [0.3, 0.4) is 0 Å². The minimum absolute atomic E-state index is 0.900. The number of rotatable bonds is 5. The lowest BCUT2D eigenvalue weighted by molar-refractivity contribution is 0.669.